The standard InChI is InChI=1S/C54H105NO12S/c1-3-5-7-9-11-13-15-17-19-21-23-25-26-28-30-32-34-36-38-40-42-47(57)46(45-65-54-51(60)52(67-68(62,63)64)50(59)49(44-56)66-54)55-53(61)48(58)43-41-39-37-35-33-31-29-27-24-22-20-18-16-14-12-10-8-6-4-2/h40,42,46-52,54,56-60H,3-39,41,43-45H2,1-2H3,(H,55,61)(H,62,63,64)/b42-40+. The van der Waals surface area contributed by atoms with Gasteiger partial charge in [0.15, 0.2) is 6.29 Å². The molecule has 1 rings (SSSR count). The highest BCUT2D eigenvalue weighted by molar-refractivity contribution is 7.80. The first-order chi connectivity index (χ1) is 32.9. The number of hydrogen-bond donors (Lipinski definition) is 7. The van der Waals surface area contributed by atoms with Crippen molar-refractivity contribution in [2.45, 2.75) is 313 Å². The monoisotopic (exact) mass is 992 g/mol. The molecule has 0 aliphatic carbocycles. The van der Waals surface area contributed by atoms with Crippen molar-refractivity contribution in [1.29, 1.82) is 0 Å². The number of allylic oxidation sites excluding steroid dienone is 1. The second kappa shape index (κ2) is 44.5. The van der Waals surface area contributed by atoms with Gasteiger partial charge in [0.25, 0.3) is 0 Å². The summed E-state index contributed by atoms with van der Waals surface area (Å²) in [6.07, 6.45) is 40.0. The Kier molecular flexibility index (Phi) is 42.4. The lowest BCUT2D eigenvalue weighted by Gasteiger charge is -2.41. The summed E-state index contributed by atoms with van der Waals surface area (Å²) in [5.41, 5.74) is 0. The molecule has 8 atom stereocenters. The number of carbonyl (C=O) groups is 1. The van der Waals surface area contributed by atoms with E-state index >= 15 is 0 Å². The van der Waals surface area contributed by atoms with E-state index in [0.717, 1.165) is 38.5 Å². The van der Waals surface area contributed by atoms with E-state index in [1.807, 2.05) is 6.08 Å². The molecule has 68 heavy (non-hydrogen) atoms. The largest absolute Gasteiger partial charge is 0.397 e. The highest BCUT2D eigenvalue weighted by atomic mass is 32.3. The maximum absolute atomic E-state index is 13.2. The molecular weight excluding hydrogens is 887 g/mol. The van der Waals surface area contributed by atoms with E-state index in [1.165, 1.54) is 193 Å². The van der Waals surface area contributed by atoms with Gasteiger partial charge < -0.3 is 40.3 Å². The van der Waals surface area contributed by atoms with Gasteiger partial charge in [-0.05, 0) is 19.3 Å². The van der Waals surface area contributed by atoms with Crippen molar-refractivity contribution in [3.63, 3.8) is 0 Å². The molecule has 14 heteroatoms. The van der Waals surface area contributed by atoms with Crippen molar-refractivity contribution in [1.82, 2.24) is 5.32 Å². The predicted molar refractivity (Wildman–Crippen MR) is 275 cm³/mol. The number of amides is 1. The van der Waals surface area contributed by atoms with Crippen LogP contribution in [-0.2, 0) is 28.9 Å². The van der Waals surface area contributed by atoms with Crippen LogP contribution in [0.25, 0.3) is 0 Å². The maximum Gasteiger partial charge on any atom is 0.397 e. The number of ether oxygens (including phenoxy) is 2. The van der Waals surface area contributed by atoms with Gasteiger partial charge in [-0.3, -0.25) is 9.35 Å². The zero-order valence-corrected chi connectivity index (χ0v) is 44.1. The highest BCUT2D eigenvalue weighted by Gasteiger charge is 2.48. The van der Waals surface area contributed by atoms with E-state index in [4.69, 9.17) is 9.47 Å². The zero-order valence-electron chi connectivity index (χ0n) is 43.3. The fourth-order valence-electron chi connectivity index (χ4n) is 9.23. The fourth-order valence-corrected chi connectivity index (χ4v) is 9.74. The molecule has 1 fully saturated rings. The molecule has 1 amide bonds. The van der Waals surface area contributed by atoms with Crippen LogP contribution in [0.3, 0.4) is 0 Å². The van der Waals surface area contributed by atoms with Crippen LogP contribution < -0.4 is 5.32 Å². The van der Waals surface area contributed by atoms with Crippen molar-refractivity contribution < 1.29 is 57.0 Å². The molecule has 7 N–H and O–H groups in total. The number of aliphatic hydroxyl groups is 5. The van der Waals surface area contributed by atoms with Crippen molar-refractivity contribution >= 4 is 16.3 Å². The Hall–Kier alpha value is -1.20. The lowest BCUT2D eigenvalue weighted by Crippen LogP contribution is -2.61. The minimum Gasteiger partial charge on any atom is -0.394 e. The van der Waals surface area contributed by atoms with Gasteiger partial charge in [-0.15, -0.1) is 0 Å². The molecule has 8 unspecified atom stereocenters. The Labute approximate surface area is 415 Å². The maximum atomic E-state index is 13.2. The van der Waals surface area contributed by atoms with Crippen LogP contribution in [0.5, 0.6) is 0 Å². The predicted octanol–water partition coefficient (Wildman–Crippen LogP) is 11.6. The van der Waals surface area contributed by atoms with Crippen LogP contribution in [0.15, 0.2) is 12.2 Å². The summed E-state index contributed by atoms with van der Waals surface area (Å²) in [6.45, 7) is 3.27. The van der Waals surface area contributed by atoms with E-state index < -0.39 is 78.5 Å². The Morgan fingerprint density at radius 1 is 0.588 bits per heavy atom. The first-order valence-electron chi connectivity index (χ1n) is 28.2. The molecule has 0 bridgehead atoms. The van der Waals surface area contributed by atoms with Crippen LogP contribution in [0, 0.1) is 0 Å². The topological polar surface area (TPSA) is 212 Å². The molecule has 0 aromatic carbocycles. The molecule has 1 aliphatic rings. The summed E-state index contributed by atoms with van der Waals surface area (Å²) in [4.78, 5) is 13.2. The Balaban J connectivity index is 2.45. The smallest absolute Gasteiger partial charge is 0.394 e. The van der Waals surface area contributed by atoms with E-state index in [1.54, 1.807) is 6.08 Å². The molecule has 0 spiro atoms. The van der Waals surface area contributed by atoms with Crippen LogP contribution in [0.4, 0.5) is 0 Å². The molecule has 13 nitrogen and oxygen atoms in total. The zero-order chi connectivity index (χ0) is 49.9. The average molecular weight is 992 g/mol. The summed E-state index contributed by atoms with van der Waals surface area (Å²) in [5.74, 6) is -0.696. The minimum atomic E-state index is -5.12. The lowest BCUT2D eigenvalue weighted by molar-refractivity contribution is -0.298. The molecule has 1 heterocycles. The van der Waals surface area contributed by atoms with Crippen LogP contribution in [-0.4, -0.2) is 107 Å². The molecule has 0 aromatic rings. The first-order valence-corrected chi connectivity index (χ1v) is 29.5. The number of rotatable bonds is 49. The van der Waals surface area contributed by atoms with Gasteiger partial charge in [-0.25, -0.2) is 4.18 Å². The number of nitrogens with one attached hydrogen (secondary N) is 1. The number of unbranched alkanes of at least 4 members (excludes halogenated alkanes) is 36. The summed E-state index contributed by atoms with van der Waals surface area (Å²) in [5, 5.41) is 55.5. The third-order valence-corrected chi connectivity index (χ3v) is 14.1. The van der Waals surface area contributed by atoms with Crippen molar-refractivity contribution in [2.75, 3.05) is 13.2 Å². The molecule has 0 saturated carbocycles. The second-order valence-electron chi connectivity index (χ2n) is 20.0. The molecule has 0 aromatic heterocycles. The lowest BCUT2D eigenvalue weighted by atomic mass is 9.99. The third-order valence-electron chi connectivity index (χ3n) is 13.7. The number of hydrogen-bond acceptors (Lipinski definition) is 11. The minimum absolute atomic E-state index is 0.249. The van der Waals surface area contributed by atoms with Crippen LogP contribution >= 0.6 is 0 Å². The van der Waals surface area contributed by atoms with Crippen molar-refractivity contribution in [3.8, 4) is 0 Å². The molecule has 0 radical (unpaired) electrons. The SMILES string of the molecule is CCCCCCCCCCCCCCCCCCCC/C=C/C(O)C(COC1OC(CO)C(O)C(OS(=O)(=O)O)C1O)NC(=O)C(O)CCCCCCCCCCCCCCCCCCCCC. The average Bonchev–Trinajstić information content (AvgIpc) is 3.31. The Morgan fingerprint density at radius 3 is 1.32 bits per heavy atom. The van der Waals surface area contributed by atoms with Crippen LogP contribution in [0.2, 0.25) is 0 Å². The number of aliphatic hydroxyl groups excluding tert-OH is 5. The van der Waals surface area contributed by atoms with Crippen molar-refractivity contribution in [2.24, 2.45) is 0 Å². The summed E-state index contributed by atoms with van der Waals surface area (Å²) < 4.78 is 47.7. The van der Waals surface area contributed by atoms with Gasteiger partial charge in [0.05, 0.1) is 25.4 Å². The van der Waals surface area contributed by atoms with Gasteiger partial charge in [0.1, 0.15) is 30.5 Å². The van der Waals surface area contributed by atoms with E-state index in [2.05, 4.69) is 23.3 Å². The van der Waals surface area contributed by atoms with Gasteiger partial charge in [0.2, 0.25) is 5.91 Å². The van der Waals surface area contributed by atoms with E-state index in [-0.39, 0.29) is 6.42 Å². The first kappa shape index (κ1) is 64.8. The molecular formula is C54H105NO12S. The van der Waals surface area contributed by atoms with E-state index in [9.17, 15) is 43.3 Å². The molecule has 404 valence electrons. The normalized spacial score (nSPS) is 20.3. The Morgan fingerprint density at radius 2 is 0.956 bits per heavy atom. The van der Waals surface area contributed by atoms with Gasteiger partial charge >= 0.3 is 10.4 Å². The number of carbonyl (C=O) groups excluding carboxylic acids is 1. The fraction of sp³-hybridized carbons (Fsp3) is 0.944. The molecule has 1 aliphatic heterocycles. The summed E-state index contributed by atoms with van der Waals surface area (Å²) in [7, 11) is -5.12. The van der Waals surface area contributed by atoms with Crippen LogP contribution in [0.1, 0.15) is 264 Å². The van der Waals surface area contributed by atoms with Crippen molar-refractivity contribution in [3.05, 3.63) is 12.2 Å². The van der Waals surface area contributed by atoms with E-state index in [0.29, 0.717) is 12.8 Å². The quantitative estimate of drug-likeness (QED) is 0.0172. The third kappa shape index (κ3) is 35.8. The second-order valence-corrected chi connectivity index (χ2v) is 21.1. The van der Waals surface area contributed by atoms with Gasteiger partial charge in [-0.1, -0.05) is 257 Å². The van der Waals surface area contributed by atoms with Gasteiger partial charge in [0, 0.05) is 0 Å². The summed E-state index contributed by atoms with van der Waals surface area (Å²) >= 11 is 0. The highest BCUT2D eigenvalue weighted by Crippen LogP contribution is 2.26. The van der Waals surface area contributed by atoms with Gasteiger partial charge in [-0.2, -0.15) is 8.42 Å². The summed E-state index contributed by atoms with van der Waals surface area (Å²) in [6, 6.07) is -1.12. The molecule has 1 saturated heterocycles. The Bertz CT molecular complexity index is 1270.